The highest BCUT2D eigenvalue weighted by Crippen LogP contribution is 2.25. The number of rotatable bonds is 1. The summed E-state index contributed by atoms with van der Waals surface area (Å²) in [6.07, 6.45) is 4.84. The fourth-order valence-corrected chi connectivity index (χ4v) is 2.12. The molecule has 2 nitrogen and oxygen atoms in total. The van der Waals surface area contributed by atoms with Crippen LogP contribution >= 0.6 is 0 Å². The minimum absolute atomic E-state index is 0.855. The highest BCUT2D eigenvalue weighted by molar-refractivity contribution is 5.39. The van der Waals surface area contributed by atoms with Crippen molar-refractivity contribution in [3.8, 4) is 6.07 Å². The Morgan fingerprint density at radius 3 is 2.60 bits per heavy atom. The zero-order chi connectivity index (χ0) is 10.9. The van der Waals surface area contributed by atoms with Crippen molar-refractivity contribution in [3.05, 3.63) is 34.9 Å². The highest BCUT2D eigenvalue weighted by atomic mass is 14.7. The van der Waals surface area contributed by atoms with Gasteiger partial charge in [0, 0.05) is 0 Å². The van der Waals surface area contributed by atoms with Crippen LogP contribution in [0, 0.1) is 11.3 Å². The van der Waals surface area contributed by atoms with Gasteiger partial charge < -0.3 is 5.73 Å². The zero-order valence-electron chi connectivity index (χ0n) is 9.09. The van der Waals surface area contributed by atoms with E-state index in [9.17, 15) is 0 Å². The van der Waals surface area contributed by atoms with E-state index in [-0.39, 0.29) is 0 Å². The summed E-state index contributed by atoms with van der Waals surface area (Å²) >= 11 is 0. The molecule has 0 spiro atoms. The van der Waals surface area contributed by atoms with Crippen molar-refractivity contribution in [3.63, 3.8) is 0 Å². The van der Waals surface area contributed by atoms with E-state index in [0.29, 0.717) is 0 Å². The quantitative estimate of drug-likeness (QED) is 0.756. The van der Waals surface area contributed by atoms with Crippen LogP contribution in [0.15, 0.2) is 18.2 Å². The smallest absolute Gasteiger partial charge is 0.126 e. The molecule has 15 heavy (non-hydrogen) atoms. The molecule has 1 aliphatic carbocycles. The Balaban J connectivity index is 2.41. The summed E-state index contributed by atoms with van der Waals surface area (Å²) < 4.78 is 0. The molecular weight excluding hydrogens is 184 g/mol. The van der Waals surface area contributed by atoms with Gasteiger partial charge in [0.2, 0.25) is 0 Å². The predicted molar refractivity (Wildman–Crippen MR) is 60.2 cm³/mol. The van der Waals surface area contributed by atoms with Gasteiger partial charge in [0.1, 0.15) is 5.54 Å². The summed E-state index contributed by atoms with van der Waals surface area (Å²) in [4.78, 5) is 0. The molecule has 1 aromatic carbocycles. The summed E-state index contributed by atoms with van der Waals surface area (Å²) in [7, 11) is 0. The van der Waals surface area contributed by atoms with Gasteiger partial charge >= 0.3 is 0 Å². The second-order valence-electron chi connectivity index (χ2n) is 4.50. The van der Waals surface area contributed by atoms with Gasteiger partial charge in [-0.15, -0.1) is 0 Å². The molecule has 0 radical (unpaired) electrons. The number of hydrogen-bond donors (Lipinski definition) is 1. The van der Waals surface area contributed by atoms with Gasteiger partial charge in [-0.3, -0.25) is 0 Å². The van der Waals surface area contributed by atoms with E-state index in [2.05, 4.69) is 18.2 Å². The van der Waals surface area contributed by atoms with Crippen LogP contribution in [0.3, 0.4) is 0 Å². The molecule has 0 aromatic heterocycles. The first-order valence-corrected chi connectivity index (χ1v) is 5.46. The lowest BCUT2D eigenvalue weighted by Crippen LogP contribution is -2.31. The molecule has 0 bridgehead atoms. The third-order valence-electron chi connectivity index (χ3n) is 3.18. The minimum atomic E-state index is -0.855. The zero-order valence-corrected chi connectivity index (χ0v) is 9.09. The van der Waals surface area contributed by atoms with Crippen LogP contribution in [-0.4, -0.2) is 0 Å². The van der Waals surface area contributed by atoms with Gasteiger partial charge in [-0.2, -0.15) is 5.26 Å². The number of benzene rings is 1. The number of nitrogens with two attached hydrogens (primary N) is 1. The molecule has 1 atom stereocenters. The van der Waals surface area contributed by atoms with Crippen molar-refractivity contribution < 1.29 is 0 Å². The van der Waals surface area contributed by atoms with Crippen LogP contribution in [0.2, 0.25) is 0 Å². The summed E-state index contributed by atoms with van der Waals surface area (Å²) in [6, 6.07) is 8.38. The molecule has 78 valence electrons. The van der Waals surface area contributed by atoms with Crippen molar-refractivity contribution in [2.45, 2.75) is 38.1 Å². The molecule has 0 aliphatic heterocycles. The van der Waals surface area contributed by atoms with Crippen LogP contribution in [0.25, 0.3) is 0 Å². The van der Waals surface area contributed by atoms with E-state index in [1.165, 1.54) is 30.4 Å². The van der Waals surface area contributed by atoms with E-state index < -0.39 is 5.54 Å². The van der Waals surface area contributed by atoms with Crippen molar-refractivity contribution in [2.24, 2.45) is 5.73 Å². The maximum absolute atomic E-state index is 8.98. The molecule has 2 N–H and O–H groups in total. The Bertz CT molecular complexity index is 413. The van der Waals surface area contributed by atoms with Gasteiger partial charge in [0.25, 0.3) is 0 Å². The maximum Gasteiger partial charge on any atom is 0.126 e. The van der Waals surface area contributed by atoms with Crippen molar-refractivity contribution in [2.75, 3.05) is 0 Å². The van der Waals surface area contributed by atoms with E-state index >= 15 is 0 Å². The lowest BCUT2D eigenvalue weighted by molar-refractivity contribution is 0.636. The number of nitriles is 1. The molecule has 0 heterocycles. The third-order valence-corrected chi connectivity index (χ3v) is 3.18. The van der Waals surface area contributed by atoms with E-state index in [1.807, 2.05) is 6.07 Å². The molecule has 0 saturated heterocycles. The lowest BCUT2D eigenvalue weighted by atomic mass is 9.86. The molecule has 0 fully saturated rings. The lowest BCUT2D eigenvalue weighted by Gasteiger charge is -2.21. The van der Waals surface area contributed by atoms with E-state index in [1.54, 1.807) is 6.92 Å². The largest absolute Gasteiger partial charge is 0.310 e. The number of aryl methyl sites for hydroxylation is 2. The Kier molecular flexibility index (Phi) is 2.50. The fourth-order valence-electron chi connectivity index (χ4n) is 2.12. The average Bonchev–Trinajstić information content (AvgIpc) is 2.28. The van der Waals surface area contributed by atoms with Crippen LogP contribution in [0.1, 0.15) is 36.5 Å². The van der Waals surface area contributed by atoms with Crippen LogP contribution in [0.5, 0.6) is 0 Å². The Hall–Kier alpha value is -1.33. The second-order valence-corrected chi connectivity index (χ2v) is 4.50. The van der Waals surface area contributed by atoms with Crippen LogP contribution in [0.4, 0.5) is 0 Å². The van der Waals surface area contributed by atoms with Gasteiger partial charge in [-0.1, -0.05) is 18.2 Å². The van der Waals surface area contributed by atoms with Gasteiger partial charge in [0.15, 0.2) is 0 Å². The number of fused-ring (bicyclic) bond motifs is 1. The van der Waals surface area contributed by atoms with Crippen LogP contribution in [-0.2, 0) is 18.4 Å². The van der Waals surface area contributed by atoms with Crippen molar-refractivity contribution >= 4 is 0 Å². The Morgan fingerprint density at radius 2 is 1.93 bits per heavy atom. The topological polar surface area (TPSA) is 49.8 Å². The first kappa shape index (κ1) is 10.2. The Morgan fingerprint density at radius 1 is 1.27 bits per heavy atom. The summed E-state index contributed by atoms with van der Waals surface area (Å²) in [6.45, 7) is 1.76. The first-order valence-electron chi connectivity index (χ1n) is 5.46. The average molecular weight is 200 g/mol. The third kappa shape index (κ3) is 1.88. The number of nitrogens with zero attached hydrogens (tertiary/aromatic N) is 1. The molecule has 2 rings (SSSR count). The monoisotopic (exact) mass is 200 g/mol. The van der Waals surface area contributed by atoms with Gasteiger partial charge in [-0.05, 0) is 49.3 Å². The van der Waals surface area contributed by atoms with Gasteiger partial charge in [0.05, 0.1) is 6.07 Å². The van der Waals surface area contributed by atoms with Crippen molar-refractivity contribution in [1.29, 1.82) is 5.26 Å². The summed E-state index contributed by atoms with van der Waals surface area (Å²) in [5, 5.41) is 8.98. The molecule has 1 aromatic rings. The van der Waals surface area contributed by atoms with Gasteiger partial charge in [-0.25, -0.2) is 0 Å². The van der Waals surface area contributed by atoms with Crippen LogP contribution < -0.4 is 5.73 Å². The normalized spacial score (nSPS) is 18.7. The standard InChI is InChI=1S/C13H16N2/c1-13(15,9-14)12-7-6-10-4-2-3-5-11(10)8-12/h6-8H,2-5,15H2,1H3. The number of hydrogen-bond acceptors (Lipinski definition) is 2. The maximum atomic E-state index is 8.98. The second kappa shape index (κ2) is 3.67. The molecule has 2 heteroatoms. The fraction of sp³-hybridized carbons (Fsp3) is 0.462. The minimum Gasteiger partial charge on any atom is -0.310 e. The highest BCUT2D eigenvalue weighted by Gasteiger charge is 2.21. The molecule has 1 aliphatic rings. The summed E-state index contributed by atoms with van der Waals surface area (Å²) in [5.74, 6) is 0. The van der Waals surface area contributed by atoms with E-state index in [0.717, 1.165) is 12.0 Å². The SMILES string of the molecule is CC(N)(C#N)c1ccc2c(c1)CCCC2. The molecule has 0 amide bonds. The summed E-state index contributed by atoms with van der Waals surface area (Å²) in [5.41, 5.74) is 8.80. The van der Waals surface area contributed by atoms with Crippen molar-refractivity contribution in [1.82, 2.24) is 0 Å². The molecule has 0 saturated carbocycles. The predicted octanol–water partition coefficient (Wildman–Crippen LogP) is 2.26. The van der Waals surface area contributed by atoms with E-state index in [4.69, 9.17) is 11.0 Å². The molecule has 1 unspecified atom stereocenters. The first-order chi connectivity index (χ1) is 7.13. The molecular formula is C13H16N2. The Labute approximate surface area is 90.7 Å².